The second-order valence-electron chi connectivity index (χ2n) is 8.45. The van der Waals surface area contributed by atoms with E-state index >= 15 is 0 Å². The van der Waals surface area contributed by atoms with Gasteiger partial charge in [-0.3, -0.25) is 9.10 Å². The topological polar surface area (TPSA) is 84.3 Å². The van der Waals surface area contributed by atoms with Crippen molar-refractivity contribution in [2.75, 3.05) is 10.8 Å². The van der Waals surface area contributed by atoms with E-state index in [0.717, 1.165) is 32.5 Å². The summed E-state index contributed by atoms with van der Waals surface area (Å²) >= 11 is 0. The highest BCUT2D eigenvalue weighted by Gasteiger charge is 2.27. The highest BCUT2D eigenvalue weighted by atomic mass is 32.2. The molecule has 1 N–H and O–H groups in total. The van der Waals surface area contributed by atoms with Gasteiger partial charge in [-0.2, -0.15) is 0 Å². The Balaban J connectivity index is 1.50. The number of carbonyl (C=O) groups is 1. The molecule has 0 aliphatic heterocycles. The molecule has 0 fully saturated rings. The van der Waals surface area contributed by atoms with Crippen LogP contribution in [-0.4, -0.2) is 30.4 Å². The Hall–Kier alpha value is -3.91. The molecule has 0 aliphatic rings. The van der Waals surface area contributed by atoms with Crippen molar-refractivity contribution in [3.05, 3.63) is 108 Å². The number of amides is 1. The van der Waals surface area contributed by atoms with E-state index in [1.54, 1.807) is 42.6 Å². The molecule has 1 heterocycles. The van der Waals surface area contributed by atoms with Crippen LogP contribution < -0.4 is 9.62 Å². The summed E-state index contributed by atoms with van der Waals surface area (Å²) in [5.74, 6) is 0.493. The zero-order valence-corrected chi connectivity index (χ0v) is 20.8. The van der Waals surface area contributed by atoms with Crippen molar-refractivity contribution in [3.63, 3.8) is 0 Å². The molecule has 1 aromatic heterocycles. The number of rotatable bonds is 8. The van der Waals surface area contributed by atoms with Crippen molar-refractivity contribution in [3.8, 4) is 5.69 Å². The Bertz CT molecular complexity index is 1410. The molecule has 35 heavy (non-hydrogen) atoms. The van der Waals surface area contributed by atoms with Gasteiger partial charge in [-0.05, 0) is 62.7 Å². The molecule has 0 saturated heterocycles. The van der Waals surface area contributed by atoms with Crippen LogP contribution in [0, 0.1) is 20.8 Å². The predicted octanol–water partition coefficient (Wildman–Crippen LogP) is 4.31. The van der Waals surface area contributed by atoms with E-state index in [2.05, 4.69) is 10.3 Å². The van der Waals surface area contributed by atoms with Crippen molar-refractivity contribution >= 4 is 21.6 Å². The van der Waals surface area contributed by atoms with Crippen molar-refractivity contribution in [2.24, 2.45) is 0 Å². The fraction of sp³-hybridized carbons (Fsp3) is 0.185. The summed E-state index contributed by atoms with van der Waals surface area (Å²) in [6.45, 7) is 5.71. The fourth-order valence-corrected chi connectivity index (χ4v) is 5.10. The van der Waals surface area contributed by atoms with Crippen molar-refractivity contribution in [1.82, 2.24) is 14.9 Å². The number of nitrogens with zero attached hydrogens (tertiary/aromatic N) is 3. The Morgan fingerprint density at radius 2 is 1.49 bits per heavy atom. The van der Waals surface area contributed by atoms with Crippen LogP contribution in [0.15, 0.2) is 90.1 Å². The molecule has 0 unspecified atom stereocenters. The second-order valence-corrected chi connectivity index (χ2v) is 10.3. The van der Waals surface area contributed by atoms with E-state index in [1.807, 2.05) is 67.9 Å². The Labute approximate surface area is 206 Å². The van der Waals surface area contributed by atoms with E-state index in [9.17, 15) is 13.2 Å². The number of hydrogen-bond acceptors (Lipinski definition) is 4. The van der Waals surface area contributed by atoms with Gasteiger partial charge in [0.1, 0.15) is 12.4 Å². The minimum atomic E-state index is -3.93. The number of aryl methyl sites for hydroxylation is 3. The SMILES string of the molecule is Cc1ccc(N(CC(=O)NCc2ccc(-n3ccnc3C)cc2)S(=O)(=O)c2ccc(C)cc2)cc1. The number of sulfonamides is 1. The number of hydrogen-bond donors (Lipinski definition) is 1. The van der Waals surface area contributed by atoms with E-state index < -0.39 is 15.9 Å². The second kappa shape index (κ2) is 10.1. The Kier molecular flexibility index (Phi) is 7.02. The number of carbonyl (C=O) groups excluding carboxylic acids is 1. The molecule has 0 aliphatic carbocycles. The molecule has 8 heteroatoms. The van der Waals surface area contributed by atoms with Gasteiger partial charge in [0.05, 0.1) is 10.6 Å². The maximum atomic E-state index is 13.5. The molecule has 180 valence electrons. The summed E-state index contributed by atoms with van der Waals surface area (Å²) in [5.41, 5.74) is 4.28. The van der Waals surface area contributed by atoms with Gasteiger partial charge in [0.15, 0.2) is 0 Å². The predicted molar refractivity (Wildman–Crippen MR) is 137 cm³/mol. The van der Waals surface area contributed by atoms with Crippen LogP contribution in [0.25, 0.3) is 5.69 Å². The number of imidazole rings is 1. The van der Waals surface area contributed by atoms with Gasteiger partial charge in [-0.25, -0.2) is 13.4 Å². The van der Waals surface area contributed by atoms with E-state index in [-0.39, 0.29) is 18.0 Å². The van der Waals surface area contributed by atoms with Crippen LogP contribution in [0.3, 0.4) is 0 Å². The summed E-state index contributed by atoms with van der Waals surface area (Å²) in [5, 5.41) is 2.84. The van der Waals surface area contributed by atoms with Crippen molar-refractivity contribution < 1.29 is 13.2 Å². The molecule has 0 radical (unpaired) electrons. The largest absolute Gasteiger partial charge is 0.350 e. The molecule has 7 nitrogen and oxygen atoms in total. The molecular formula is C27H28N4O3S. The molecule has 4 rings (SSSR count). The lowest BCUT2D eigenvalue weighted by molar-refractivity contribution is -0.119. The molecule has 0 saturated carbocycles. The molecule has 0 spiro atoms. The average Bonchev–Trinajstić information content (AvgIpc) is 3.28. The number of benzene rings is 3. The smallest absolute Gasteiger partial charge is 0.264 e. The van der Waals surface area contributed by atoms with Crippen LogP contribution in [-0.2, 0) is 21.4 Å². The van der Waals surface area contributed by atoms with Gasteiger partial charge in [-0.15, -0.1) is 0 Å². The van der Waals surface area contributed by atoms with Gasteiger partial charge >= 0.3 is 0 Å². The lowest BCUT2D eigenvalue weighted by atomic mass is 10.2. The average molecular weight is 489 g/mol. The van der Waals surface area contributed by atoms with Crippen LogP contribution in [0.2, 0.25) is 0 Å². The third kappa shape index (κ3) is 5.60. The summed E-state index contributed by atoms with van der Waals surface area (Å²) in [6.07, 6.45) is 3.63. The highest BCUT2D eigenvalue weighted by Crippen LogP contribution is 2.24. The Morgan fingerprint density at radius 3 is 2.06 bits per heavy atom. The summed E-state index contributed by atoms with van der Waals surface area (Å²) < 4.78 is 30.0. The van der Waals surface area contributed by atoms with E-state index in [1.165, 1.54) is 0 Å². The first-order chi connectivity index (χ1) is 16.7. The highest BCUT2D eigenvalue weighted by molar-refractivity contribution is 7.92. The van der Waals surface area contributed by atoms with Crippen LogP contribution in [0.1, 0.15) is 22.5 Å². The molecule has 0 atom stereocenters. The van der Waals surface area contributed by atoms with Gasteiger partial charge < -0.3 is 9.88 Å². The van der Waals surface area contributed by atoms with E-state index in [4.69, 9.17) is 0 Å². The first-order valence-electron chi connectivity index (χ1n) is 11.3. The monoisotopic (exact) mass is 488 g/mol. The molecule has 3 aromatic carbocycles. The maximum Gasteiger partial charge on any atom is 0.264 e. The van der Waals surface area contributed by atoms with Gasteiger partial charge in [0, 0.05) is 24.6 Å². The molecule has 1 amide bonds. The third-order valence-electron chi connectivity index (χ3n) is 5.75. The lowest BCUT2D eigenvalue weighted by Gasteiger charge is -2.24. The summed E-state index contributed by atoms with van der Waals surface area (Å²) in [6, 6.07) is 21.5. The van der Waals surface area contributed by atoms with Crippen LogP contribution in [0.5, 0.6) is 0 Å². The minimum absolute atomic E-state index is 0.141. The van der Waals surface area contributed by atoms with E-state index in [0.29, 0.717) is 5.69 Å². The van der Waals surface area contributed by atoms with Crippen LogP contribution in [0.4, 0.5) is 5.69 Å². The molecule has 4 aromatic rings. The lowest BCUT2D eigenvalue weighted by Crippen LogP contribution is -2.40. The third-order valence-corrected chi connectivity index (χ3v) is 7.54. The van der Waals surface area contributed by atoms with Crippen molar-refractivity contribution in [1.29, 1.82) is 0 Å². The number of aromatic nitrogens is 2. The number of anilines is 1. The fourth-order valence-electron chi connectivity index (χ4n) is 3.68. The molecule has 0 bridgehead atoms. The minimum Gasteiger partial charge on any atom is -0.350 e. The zero-order valence-electron chi connectivity index (χ0n) is 20.0. The maximum absolute atomic E-state index is 13.5. The summed E-state index contributed by atoms with van der Waals surface area (Å²) in [7, 11) is -3.93. The van der Waals surface area contributed by atoms with Gasteiger partial charge in [-0.1, -0.05) is 47.5 Å². The quantitative estimate of drug-likeness (QED) is 0.401. The Morgan fingerprint density at radius 1 is 0.886 bits per heavy atom. The van der Waals surface area contributed by atoms with Gasteiger partial charge in [0.2, 0.25) is 5.91 Å². The summed E-state index contributed by atoms with van der Waals surface area (Å²) in [4.78, 5) is 17.2. The van der Waals surface area contributed by atoms with Crippen molar-refractivity contribution in [2.45, 2.75) is 32.2 Å². The standard InChI is InChI=1S/C27H28N4O3S/c1-20-4-10-25(11-5-20)31(35(33,34)26-14-6-21(2)7-15-26)19-27(32)29-18-23-8-12-24(13-9-23)30-17-16-28-22(30)3/h4-17H,18-19H2,1-3H3,(H,29,32). The first-order valence-corrected chi connectivity index (χ1v) is 12.7. The molecular weight excluding hydrogens is 460 g/mol. The first kappa shape index (κ1) is 24.2. The zero-order chi connectivity index (χ0) is 25.0. The normalized spacial score (nSPS) is 11.3. The van der Waals surface area contributed by atoms with Crippen LogP contribution >= 0.6 is 0 Å². The van der Waals surface area contributed by atoms with Gasteiger partial charge in [0.25, 0.3) is 10.0 Å². The number of nitrogens with one attached hydrogen (secondary N) is 1.